The zero-order valence-corrected chi connectivity index (χ0v) is 15.0. The lowest BCUT2D eigenvalue weighted by Crippen LogP contribution is -2.38. The Balaban J connectivity index is 1.74. The quantitative estimate of drug-likeness (QED) is 0.834. The molecule has 0 fully saturated rings. The van der Waals surface area contributed by atoms with Crippen molar-refractivity contribution in [3.63, 3.8) is 0 Å². The number of hydrogen-bond donors (Lipinski definition) is 1. The Labute approximate surface area is 149 Å². The minimum atomic E-state index is -0.0227. The molecule has 2 N–H and O–H groups in total. The summed E-state index contributed by atoms with van der Waals surface area (Å²) in [6.07, 6.45) is 2.88. The Morgan fingerprint density at radius 1 is 1.24 bits per heavy atom. The van der Waals surface area contributed by atoms with Crippen molar-refractivity contribution in [3.05, 3.63) is 53.6 Å². The van der Waals surface area contributed by atoms with Crippen LogP contribution in [0.2, 0.25) is 0 Å². The Kier molecular flexibility index (Phi) is 5.27. The maximum absolute atomic E-state index is 12.8. The summed E-state index contributed by atoms with van der Waals surface area (Å²) in [5.41, 5.74) is 9.98. The lowest BCUT2D eigenvalue weighted by atomic mass is 9.98. The number of nitrogens with zero attached hydrogens (tertiary/aromatic N) is 1. The van der Waals surface area contributed by atoms with Crippen molar-refractivity contribution in [1.29, 1.82) is 0 Å². The Morgan fingerprint density at radius 3 is 2.84 bits per heavy atom. The van der Waals surface area contributed by atoms with E-state index in [2.05, 4.69) is 19.9 Å². The third-order valence-corrected chi connectivity index (χ3v) is 5.00. The maximum atomic E-state index is 12.8. The molecule has 25 heavy (non-hydrogen) atoms. The van der Waals surface area contributed by atoms with Crippen LogP contribution in [0.15, 0.2) is 42.5 Å². The van der Waals surface area contributed by atoms with Crippen molar-refractivity contribution < 1.29 is 9.53 Å². The summed E-state index contributed by atoms with van der Waals surface area (Å²) in [7, 11) is 0. The Bertz CT molecular complexity index is 757. The van der Waals surface area contributed by atoms with Gasteiger partial charge in [0.2, 0.25) is 0 Å². The van der Waals surface area contributed by atoms with Gasteiger partial charge < -0.3 is 15.4 Å². The fraction of sp³-hybridized carbons (Fsp3) is 0.381. The van der Waals surface area contributed by atoms with Crippen LogP contribution < -0.4 is 15.4 Å². The van der Waals surface area contributed by atoms with E-state index in [0.717, 1.165) is 47.5 Å². The summed E-state index contributed by atoms with van der Waals surface area (Å²) in [6, 6.07) is 13.7. The van der Waals surface area contributed by atoms with Gasteiger partial charge in [-0.1, -0.05) is 38.1 Å². The molecule has 0 bridgehead atoms. The van der Waals surface area contributed by atoms with Gasteiger partial charge in [-0.2, -0.15) is 0 Å². The summed E-state index contributed by atoms with van der Waals surface area (Å²) < 4.78 is 5.90. The van der Waals surface area contributed by atoms with Crippen LogP contribution in [0.5, 0.6) is 5.75 Å². The average molecular weight is 338 g/mol. The van der Waals surface area contributed by atoms with E-state index in [-0.39, 0.29) is 12.5 Å². The van der Waals surface area contributed by atoms with Crippen molar-refractivity contribution in [2.24, 2.45) is 0 Å². The minimum absolute atomic E-state index is 0.0227. The summed E-state index contributed by atoms with van der Waals surface area (Å²) in [5.74, 6) is 1.18. The summed E-state index contributed by atoms with van der Waals surface area (Å²) in [4.78, 5) is 14.6. The highest BCUT2D eigenvalue weighted by atomic mass is 16.5. The molecule has 0 aliphatic carbocycles. The molecule has 1 aliphatic rings. The van der Waals surface area contributed by atoms with Crippen LogP contribution in [-0.4, -0.2) is 19.1 Å². The number of amides is 1. The summed E-state index contributed by atoms with van der Waals surface area (Å²) in [5, 5.41) is 0. The normalized spacial score (nSPS) is 14.7. The van der Waals surface area contributed by atoms with Gasteiger partial charge in [-0.3, -0.25) is 4.79 Å². The van der Waals surface area contributed by atoms with E-state index in [1.165, 1.54) is 0 Å². The Morgan fingerprint density at radius 2 is 2.04 bits per heavy atom. The SMILES string of the molecule is CCC(C)c1ccccc1OCC(=O)N1CCCc2c(N)cccc21. The van der Waals surface area contributed by atoms with Gasteiger partial charge in [0.1, 0.15) is 5.75 Å². The molecule has 132 valence electrons. The second-order valence-electron chi connectivity index (χ2n) is 6.63. The molecule has 1 aliphatic heterocycles. The minimum Gasteiger partial charge on any atom is -0.483 e. The molecule has 0 radical (unpaired) electrons. The van der Waals surface area contributed by atoms with E-state index in [1.54, 1.807) is 4.90 Å². The molecule has 4 heteroatoms. The van der Waals surface area contributed by atoms with Crippen molar-refractivity contribution >= 4 is 17.3 Å². The number of carbonyl (C=O) groups is 1. The molecule has 4 nitrogen and oxygen atoms in total. The van der Waals surface area contributed by atoms with Crippen LogP contribution in [0.4, 0.5) is 11.4 Å². The van der Waals surface area contributed by atoms with E-state index in [1.807, 2.05) is 36.4 Å². The smallest absolute Gasteiger partial charge is 0.264 e. The monoisotopic (exact) mass is 338 g/mol. The third-order valence-electron chi connectivity index (χ3n) is 5.00. The first-order valence-electron chi connectivity index (χ1n) is 9.01. The van der Waals surface area contributed by atoms with Crippen LogP contribution in [0.25, 0.3) is 0 Å². The molecule has 1 heterocycles. The number of ether oxygens (including phenoxy) is 1. The van der Waals surface area contributed by atoms with Crippen LogP contribution in [0.3, 0.4) is 0 Å². The average Bonchev–Trinajstić information content (AvgIpc) is 2.65. The van der Waals surface area contributed by atoms with E-state index in [9.17, 15) is 4.79 Å². The molecule has 1 atom stereocenters. The van der Waals surface area contributed by atoms with E-state index < -0.39 is 0 Å². The predicted octanol–water partition coefficient (Wildman–Crippen LogP) is 4.14. The van der Waals surface area contributed by atoms with E-state index >= 15 is 0 Å². The lowest BCUT2D eigenvalue weighted by Gasteiger charge is -2.30. The van der Waals surface area contributed by atoms with E-state index in [4.69, 9.17) is 10.5 Å². The standard InChI is InChI=1S/C21H26N2O2/c1-3-15(2)16-8-4-5-12-20(16)25-14-21(24)23-13-7-9-17-18(22)10-6-11-19(17)23/h4-6,8,10-12,15H,3,7,9,13-14,22H2,1-2H3. The zero-order chi connectivity index (χ0) is 17.8. The van der Waals surface area contributed by atoms with Gasteiger partial charge in [-0.05, 0) is 54.5 Å². The number of para-hydroxylation sites is 1. The highest BCUT2D eigenvalue weighted by Gasteiger charge is 2.24. The highest BCUT2D eigenvalue weighted by molar-refractivity contribution is 5.96. The van der Waals surface area contributed by atoms with Gasteiger partial charge in [-0.25, -0.2) is 0 Å². The van der Waals surface area contributed by atoms with Crippen molar-refractivity contribution in [2.75, 3.05) is 23.8 Å². The molecular formula is C21H26N2O2. The molecule has 0 saturated heterocycles. The molecular weight excluding hydrogens is 312 g/mol. The largest absolute Gasteiger partial charge is 0.483 e. The van der Waals surface area contributed by atoms with Gasteiger partial charge in [0.25, 0.3) is 5.91 Å². The number of fused-ring (bicyclic) bond motifs is 1. The molecule has 2 aromatic rings. The second kappa shape index (κ2) is 7.60. The highest BCUT2D eigenvalue weighted by Crippen LogP contribution is 2.32. The van der Waals surface area contributed by atoms with Crippen LogP contribution in [-0.2, 0) is 11.2 Å². The third kappa shape index (κ3) is 3.63. The summed E-state index contributed by atoms with van der Waals surface area (Å²) >= 11 is 0. The van der Waals surface area contributed by atoms with Crippen LogP contribution >= 0.6 is 0 Å². The number of benzene rings is 2. The number of hydrogen-bond acceptors (Lipinski definition) is 3. The van der Waals surface area contributed by atoms with Gasteiger partial charge in [-0.15, -0.1) is 0 Å². The lowest BCUT2D eigenvalue weighted by molar-refractivity contribution is -0.120. The second-order valence-corrected chi connectivity index (χ2v) is 6.63. The molecule has 0 aromatic heterocycles. The van der Waals surface area contributed by atoms with Gasteiger partial charge >= 0.3 is 0 Å². The van der Waals surface area contributed by atoms with E-state index in [0.29, 0.717) is 12.5 Å². The van der Waals surface area contributed by atoms with Crippen molar-refractivity contribution in [2.45, 2.75) is 39.0 Å². The van der Waals surface area contributed by atoms with Crippen molar-refractivity contribution in [3.8, 4) is 5.75 Å². The fourth-order valence-corrected chi connectivity index (χ4v) is 3.37. The zero-order valence-electron chi connectivity index (χ0n) is 15.0. The first-order chi connectivity index (χ1) is 12.1. The Hall–Kier alpha value is -2.49. The summed E-state index contributed by atoms with van der Waals surface area (Å²) in [6.45, 7) is 5.09. The first-order valence-corrected chi connectivity index (χ1v) is 9.01. The predicted molar refractivity (Wildman–Crippen MR) is 102 cm³/mol. The molecule has 1 unspecified atom stereocenters. The van der Waals surface area contributed by atoms with Gasteiger partial charge in [0.15, 0.2) is 6.61 Å². The first kappa shape index (κ1) is 17.3. The number of carbonyl (C=O) groups excluding carboxylic acids is 1. The number of nitrogen functional groups attached to an aromatic ring is 1. The molecule has 3 rings (SSSR count). The van der Waals surface area contributed by atoms with Gasteiger partial charge in [0, 0.05) is 17.9 Å². The number of anilines is 2. The van der Waals surface area contributed by atoms with Crippen LogP contribution in [0, 0.1) is 0 Å². The molecule has 0 saturated carbocycles. The molecule has 0 spiro atoms. The van der Waals surface area contributed by atoms with Gasteiger partial charge in [0.05, 0.1) is 0 Å². The topological polar surface area (TPSA) is 55.6 Å². The fourth-order valence-electron chi connectivity index (χ4n) is 3.37. The molecule has 2 aromatic carbocycles. The molecule has 1 amide bonds. The van der Waals surface area contributed by atoms with Crippen molar-refractivity contribution in [1.82, 2.24) is 0 Å². The van der Waals surface area contributed by atoms with Crippen LogP contribution in [0.1, 0.15) is 43.7 Å². The maximum Gasteiger partial charge on any atom is 0.264 e. The number of nitrogens with two attached hydrogens (primary N) is 1. The number of rotatable bonds is 5.